The second-order valence-electron chi connectivity index (χ2n) is 4.26. The number of benzene rings is 1. The Hall–Kier alpha value is -1.81. The maximum Gasteiger partial charge on any atom is 0.123 e. The first kappa shape index (κ1) is 10.4. The molecule has 3 rings (SSSR count). The third-order valence-electron chi connectivity index (χ3n) is 2.98. The molecule has 0 aliphatic carbocycles. The van der Waals surface area contributed by atoms with Gasteiger partial charge in [-0.15, -0.1) is 0 Å². The third kappa shape index (κ3) is 2.31. The molecule has 0 saturated carbocycles. The predicted molar refractivity (Wildman–Crippen MR) is 64.8 cm³/mol. The summed E-state index contributed by atoms with van der Waals surface area (Å²) in [6.45, 7) is 2.43. The zero-order valence-electron chi connectivity index (χ0n) is 9.54. The standard InChI is InChI=1S/C13H15N3O/c1-2-4-13-11(3-1)7-15-12(9-17-13)8-16-6-5-14-10-16/h1-6,10,12,15H,7-9H2. The first-order valence-electron chi connectivity index (χ1n) is 5.81. The summed E-state index contributed by atoms with van der Waals surface area (Å²) in [5.41, 5.74) is 1.22. The van der Waals surface area contributed by atoms with Gasteiger partial charge < -0.3 is 14.6 Å². The number of aromatic nitrogens is 2. The minimum atomic E-state index is 0.316. The van der Waals surface area contributed by atoms with E-state index < -0.39 is 0 Å². The number of nitrogens with one attached hydrogen (secondary N) is 1. The molecule has 1 aromatic heterocycles. The van der Waals surface area contributed by atoms with Crippen molar-refractivity contribution < 1.29 is 4.74 Å². The summed E-state index contributed by atoms with van der Waals surface area (Å²) in [4.78, 5) is 4.04. The fraction of sp³-hybridized carbons (Fsp3) is 0.308. The number of hydrogen-bond acceptors (Lipinski definition) is 3. The molecule has 17 heavy (non-hydrogen) atoms. The Morgan fingerprint density at radius 3 is 3.24 bits per heavy atom. The lowest BCUT2D eigenvalue weighted by molar-refractivity contribution is 0.262. The van der Waals surface area contributed by atoms with E-state index in [0.717, 1.165) is 18.8 Å². The van der Waals surface area contributed by atoms with Crippen molar-refractivity contribution in [2.24, 2.45) is 0 Å². The first-order valence-corrected chi connectivity index (χ1v) is 5.81. The number of nitrogens with zero attached hydrogens (tertiary/aromatic N) is 2. The second kappa shape index (κ2) is 4.59. The molecule has 0 fully saturated rings. The van der Waals surface area contributed by atoms with Gasteiger partial charge in [0.15, 0.2) is 0 Å². The largest absolute Gasteiger partial charge is 0.492 e. The van der Waals surface area contributed by atoms with Crippen LogP contribution in [0.4, 0.5) is 0 Å². The monoisotopic (exact) mass is 229 g/mol. The van der Waals surface area contributed by atoms with Gasteiger partial charge in [0.1, 0.15) is 12.4 Å². The molecule has 4 nitrogen and oxygen atoms in total. The maximum atomic E-state index is 5.81. The van der Waals surface area contributed by atoms with E-state index in [0.29, 0.717) is 12.6 Å². The molecule has 1 atom stereocenters. The number of rotatable bonds is 2. The van der Waals surface area contributed by atoms with Crippen molar-refractivity contribution in [1.29, 1.82) is 0 Å². The van der Waals surface area contributed by atoms with Gasteiger partial charge in [-0.05, 0) is 6.07 Å². The number of hydrogen-bond donors (Lipinski definition) is 1. The van der Waals surface area contributed by atoms with Crippen molar-refractivity contribution in [3.8, 4) is 5.75 Å². The van der Waals surface area contributed by atoms with Gasteiger partial charge in [0.25, 0.3) is 0 Å². The Morgan fingerprint density at radius 2 is 2.35 bits per heavy atom. The normalized spacial score (nSPS) is 19.2. The van der Waals surface area contributed by atoms with Crippen LogP contribution in [0.1, 0.15) is 5.56 Å². The summed E-state index contributed by atoms with van der Waals surface area (Å²) in [5.74, 6) is 0.994. The molecule has 0 radical (unpaired) electrons. The SMILES string of the molecule is c1ccc2c(c1)CNC(Cn1ccnc1)CO2. The van der Waals surface area contributed by atoms with Crippen LogP contribution in [0.25, 0.3) is 0 Å². The highest BCUT2D eigenvalue weighted by Gasteiger charge is 2.16. The summed E-state index contributed by atoms with van der Waals surface area (Å²) in [6, 6.07) is 8.49. The molecule has 1 aliphatic heterocycles. The Kier molecular flexibility index (Phi) is 2.80. The summed E-state index contributed by atoms with van der Waals surface area (Å²) in [6.07, 6.45) is 5.60. The van der Waals surface area contributed by atoms with E-state index in [1.54, 1.807) is 6.20 Å². The smallest absolute Gasteiger partial charge is 0.123 e. The van der Waals surface area contributed by atoms with E-state index in [1.807, 2.05) is 30.7 Å². The van der Waals surface area contributed by atoms with Gasteiger partial charge in [-0.3, -0.25) is 0 Å². The molecule has 1 aromatic carbocycles. The average molecular weight is 229 g/mol. The summed E-state index contributed by atoms with van der Waals surface area (Å²) in [5, 5.41) is 3.50. The average Bonchev–Trinajstić information content (AvgIpc) is 2.78. The lowest BCUT2D eigenvalue weighted by Gasteiger charge is -2.15. The minimum Gasteiger partial charge on any atom is -0.492 e. The van der Waals surface area contributed by atoms with E-state index in [4.69, 9.17) is 4.74 Å². The van der Waals surface area contributed by atoms with E-state index in [1.165, 1.54) is 5.56 Å². The van der Waals surface area contributed by atoms with Crippen molar-refractivity contribution in [2.45, 2.75) is 19.1 Å². The van der Waals surface area contributed by atoms with E-state index in [2.05, 4.69) is 20.9 Å². The van der Waals surface area contributed by atoms with Crippen LogP contribution in [0.15, 0.2) is 43.0 Å². The van der Waals surface area contributed by atoms with E-state index in [-0.39, 0.29) is 0 Å². The summed E-state index contributed by atoms with van der Waals surface area (Å²) >= 11 is 0. The van der Waals surface area contributed by atoms with Gasteiger partial charge in [0.05, 0.1) is 12.4 Å². The van der Waals surface area contributed by atoms with Crippen LogP contribution in [0.5, 0.6) is 5.75 Å². The van der Waals surface area contributed by atoms with Crippen molar-refractivity contribution in [1.82, 2.24) is 14.9 Å². The van der Waals surface area contributed by atoms with Crippen LogP contribution in [0.2, 0.25) is 0 Å². The Bertz CT molecular complexity index is 454. The van der Waals surface area contributed by atoms with Crippen molar-refractivity contribution >= 4 is 0 Å². The number of imidazole rings is 1. The number of ether oxygens (including phenoxy) is 1. The molecular formula is C13H15N3O. The van der Waals surface area contributed by atoms with Crippen LogP contribution in [0, 0.1) is 0 Å². The number of fused-ring (bicyclic) bond motifs is 1. The predicted octanol–water partition coefficient (Wildman–Crippen LogP) is 1.43. The molecular weight excluding hydrogens is 214 g/mol. The fourth-order valence-corrected chi connectivity index (χ4v) is 2.06. The summed E-state index contributed by atoms with van der Waals surface area (Å²) < 4.78 is 7.88. The van der Waals surface area contributed by atoms with Gasteiger partial charge in [0.2, 0.25) is 0 Å². The van der Waals surface area contributed by atoms with Crippen LogP contribution < -0.4 is 10.1 Å². The molecule has 88 valence electrons. The first-order chi connectivity index (χ1) is 8.42. The molecule has 2 heterocycles. The maximum absolute atomic E-state index is 5.81. The number of para-hydroxylation sites is 1. The highest BCUT2D eigenvalue weighted by atomic mass is 16.5. The quantitative estimate of drug-likeness (QED) is 0.846. The van der Waals surface area contributed by atoms with Crippen LogP contribution in [-0.4, -0.2) is 22.2 Å². The topological polar surface area (TPSA) is 39.1 Å². The zero-order chi connectivity index (χ0) is 11.5. The minimum absolute atomic E-state index is 0.316. The fourth-order valence-electron chi connectivity index (χ4n) is 2.06. The van der Waals surface area contributed by atoms with Crippen molar-refractivity contribution in [2.75, 3.05) is 6.61 Å². The lowest BCUT2D eigenvalue weighted by atomic mass is 10.2. The second-order valence-corrected chi connectivity index (χ2v) is 4.26. The van der Waals surface area contributed by atoms with Crippen LogP contribution in [-0.2, 0) is 13.1 Å². The lowest BCUT2D eigenvalue weighted by Crippen LogP contribution is -2.35. The molecule has 0 bridgehead atoms. The molecule has 0 spiro atoms. The Balaban J connectivity index is 1.69. The van der Waals surface area contributed by atoms with Gasteiger partial charge >= 0.3 is 0 Å². The van der Waals surface area contributed by atoms with E-state index >= 15 is 0 Å². The highest BCUT2D eigenvalue weighted by molar-refractivity contribution is 5.33. The molecule has 0 amide bonds. The highest BCUT2D eigenvalue weighted by Crippen LogP contribution is 2.20. The summed E-state index contributed by atoms with van der Waals surface area (Å²) in [7, 11) is 0. The Morgan fingerprint density at radius 1 is 1.41 bits per heavy atom. The van der Waals surface area contributed by atoms with Crippen LogP contribution >= 0.6 is 0 Å². The van der Waals surface area contributed by atoms with Gasteiger partial charge in [-0.2, -0.15) is 0 Å². The molecule has 0 saturated heterocycles. The van der Waals surface area contributed by atoms with Crippen molar-refractivity contribution in [3.05, 3.63) is 48.5 Å². The van der Waals surface area contributed by atoms with Gasteiger partial charge in [-0.1, -0.05) is 18.2 Å². The molecule has 4 heteroatoms. The van der Waals surface area contributed by atoms with Gasteiger partial charge in [-0.25, -0.2) is 4.98 Å². The molecule has 2 aromatic rings. The third-order valence-corrected chi connectivity index (χ3v) is 2.98. The zero-order valence-corrected chi connectivity index (χ0v) is 9.54. The molecule has 1 aliphatic rings. The van der Waals surface area contributed by atoms with E-state index in [9.17, 15) is 0 Å². The molecule has 1 N–H and O–H groups in total. The Labute approximate surface area is 100 Å². The van der Waals surface area contributed by atoms with Crippen LogP contribution in [0.3, 0.4) is 0 Å². The van der Waals surface area contributed by atoms with Crippen molar-refractivity contribution in [3.63, 3.8) is 0 Å². The van der Waals surface area contributed by atoms with Gasteiger partial charge in [0, 0.05) is 31.0 Å². The molecule has 1 unspecified atom stereocenters.